The van der Waals surface area contributed by atoms with Crippen LogP contribution in [0.5, 0.6) is 0 Å². The van der Waals surface area contributed by atoms with Crippen LogP contribution in [0.15, 0.2) is 0 Å². The van der Waals surface area contributed by atoms with Gasteiger partial charge in [-0.3, -0.25) is 0 Å². The summed E-state index contributed by atoms with van der Waals surface area (Å²) in [5, 5.41) is 0. The van der Waals surface area contributed by atoms with E-state index in [1.807, 2.05) is 0 Å². The molecule has 0 aliphatic carbocycles. The third kappa shape index (κ3) is 1.25. The second-order valence-electron chi connectivity index (χ2n) is 3.24. The van der Waals surface area contributed by atoms with Crippen molar-refractivity contribution >= 4 is 0 Å². The number of ether oxygens (including phenoxy) is 1. The first-order valence-electron chi connectivity index (χ1n) is 3.37. The fraction of sp³-hybridized carbons (Fsp3) is 1.00. The quantitative estimate of drug-likeness (QED) is 0.511. The molecule has 9 heavy (non-hydrogen) atoms. The predicted molar refractivity (Wildman–Crippen MR) is 37.5 cm³/mol. The molecule has 0 amide bonds. The lowest BCUT2D eigenvalue weighted by Gasteiger charge is -2.22. The molecular formula is C7H15NO. The Kier molecular flexibility index (Phi) is 1.53. The van der Waals surface area contributed by atoms with Crippen LogP contribution < -0.4 is 0 Å². The second kappa shape index (κ2) is 1.96. The van der Waals surface area contributed by atoms with Gasteiger partial charge in [0.25, 0.3) is 0 Å². The Balaban J connectivity index is 2.42. The summed E-state index contributed by atoms with van der Waals surface area (Å²) >= 11 is 0. The smallest absolute Gasteiger partial charge is 0.104 e. The zero-order valence-electron chi connectivity index (χ0n) is 6.64. The van der Waals surface area contributed by atoms with Crippen LogP contribution in [0.25, 0.3) is 0 Å². The van der Waals surface area contributed by atoms with Gasteiger partial charge in [-0.2, -0.15) is 0 Å². The highest BCUT2D eigenvalue weighted by Gasteiger charge is 2.45. The van der Waals surface area contributed by atoms with E-state index in [0.29, 0.717) is 6.04 Å². The average Bonchev–Trinajstić information content (AvgIpc) is 2.47. The van der Waals surface area contributed by atoms with E-state index in [0.717, 1.165) is 6.61 Å². The molecule has 0 saturated carbocycles. The third-order valence-corrected chi connectivity index (χ3v) is 2.26. The zero-order chi connectivity index (χ0) is 7.07. The Morgan fingerprint density at radius 1 is 1.56 bits per heavy atom. The highest BCUT2D eigenvalue weighted by Crippen LogP contribution is 2.31. The first kappa shape index (κ1) is 7.03. The highest BCUT2D eigenvalue weighted by molar-refractivity contribution is 4.95. The lowest BCUT2D eigenvalue weighted by Crippen LogP contribution is -2.37. The lowest BCUT2D eigenvalue weighted by atomic mass is 10.0. The van der Waals surface area contributed by atoms with Gasteiger partial charge in [-0.05, 0) is 27.9 Å². The molecule has 1 rings (SSSR count). The van der Waals surface area contributed by atoms with Crippen molar-refractivity contribution in [1.29, 1.82) is 0 Å². The van der Waals surface area contributed by atoms with Crippen LogP contribution in [0.4, 0.5) is 0 Å². The number of hydrogen-bond donors (Lipinski definition) is 0. The normalized spacial score (nSPS) is 37.0. The molecule has 0 aromatic rings. The fourth-order valence-electron chi connectivity index (χ4n) is 0.901. The number of hydrogen-bond acceptors (Lipinski definition) is 2. The largest absolute Gasteiger partial charge is 0.368 e. The van der Waals surface area contributed by atoms with Gasteiger partial charge in [0.15, 0.2) is 0 Å². The van der Waals surface area contributed by atoms with E-state index in [2.05, 4.69) is 32.8 Å². The Bertz CT molecular complexity index is 107. The van der Waals surface area contributed by atoms with Gasteiger partial charge in [0.1, 0.15) is 5.60 Å². The Morgan fingerprint density at radius 2 is 2.00 bits per heavy atom. The van der Waals surface area contributed by atoms with Crippen molar-refractivity contribution in [3.05, 3.63) is 0 Å². The fourth-order valence-corrected chi connectivity index (χ4v) is 0.901. The summed E-state index contributed by atoms with van der Waals surface area (Å²) in [4.78, 5) is 2.19. The molecular weight excluding hydrogens is 114 g/mol. The van der Waals surface area contributed by atoms with Crippen molar-refractivity contribution in [3.63, 3.8) is 0 Å². The van der Waals surface area contributed by atoms with Gasteiger partial charge in [-0.25, -0.2) is 0 Å². The minimum atomic E-state index is 0.156. The van der Waals surface area contributed by atoms with E-state index in [1.165, 1.54) is 0 Å². The molecule has 1 saturated heterocycles. The molecule has 1 aliphatic heterocycles. The molecule has 0 bridgehead atoms. The minimum Gasteiger partial charge on any atom is -0.368 e. The van der Waals surface area contributed by atoms with E-state index in [4.69, 9.17) is 4.74 Å². The number of rotatable bonds is 2. The number of epoxide rings is 1. The minimum absolute atomic E-state index is 0.156. The van der Waals surface area contributed by atoms with Gasteiger partial charge in [-0.1, -0.05) is 0 Å². The molecule has 2 nitrogen and oxygen atoms in total. The van der Waals surface area contributed by atoms with Crippen molar-refractivity contribution < 1.29 is 4.74 Å². The topological polar surface area (TPSA) is 15.8 Å². The molecule has 0 aromatic heterocycles. The van der Waals surface area contributed by atoms with Crippen LogP contribution in [0.1, 0.15) is 13.8 Å². The summed E-state index contributed by atoms with van der Waals surface area (Å²) in [6.07, 6.45) is 0. The molecule has 0 aromatic carbocycles. The van der Waals surface area contributed by atoms with Crippen molar-refractivity contribution in [2.75, 3.05) is 20.7 Å². The maximum atomic E-state index is 5.28. The molecule has 2 unspecified atom stereocenters. The highest BCUT2D eigenvalue weighted by atomic mass is 16.6. The summed E-state index contributed by atoms with van der Waals surface area (Å²) in [5.41, 5.74) is 0.156. The summed E-state index contributed by atoms with van der Waals surface area (Å²) in [6.45, 7) is 5.26. The number of nitrogens with zero attached hydrogens (tertiary/aromatic N) is 1. The van der Waals surface area contributed by atoms with Gasteiger partial charge in [0.2, 0.25) is 0 Å². The lowest BCUT2D eigenvalue weighted by molar-refractivity contribution is 0.180. The van der Waals surface area contributed by atoms with Gasteiger partial charge in [0, 0.05) is 6.04 Å². The molecule has 0 N–H and O–H groups in total. The maximum Gasteiger partial charge on any atom is 0.104 e. The van der Waals surface area contributed by atoms with Crippen LogP contribution >= 0.6 is 0 Å². The summed E-state index contributed by atoms with van der Waals surface area (Å²) < 4.78 is 5.28. The molecule has 1 fully saturated rings. The first-order valence-corrected chi connectivity index (χ1v) is 3.37. The van der Waals surface area contributed by atoms with Crippen molar-refractivity contribution in [1.82, 2.24) is 4.90 Å². The van der Waals surface area contributed by atoms with Crippen molar-refractivity contribution in [2.45, 2.75) is 25.5 Å². The summed E-state index contributed by atoms with van der Waals surface area (Å²) in [5.74, 6) is 0. The van der Waals surface area contributed by atoms with E-state index < -0.39 is 0 Å². The van der Waals surface area contributed by atoms with Gasteiger partial charge in [-0.15, -0.1) is 0 Å². The van der Waals surface area contributed by atoms with Crippen LogP contribution in [-0.2, 0) is 4.74 Å². The third-order valence-electron chi connectivity index (χ3n) is 2.26. The standard InChI is InChI=1S/C7H15NO/c1-6(8(3)4)7(2)5-9-7/h6H,5H2,1-4H3. The summed E-state index contributed by atoms with van der Waals surface area (Å²) in [7, 11) is 4.16. The second-order valence-corrected chi connectivity index (χ2v) is 3.24. The van der Waals surface area contributed by atoms with Crippen LogP contribution in [0.3, 0.4) is 0 Å². The van der Waals surface area contributed by atoms with Crippen LogP contribution in [0, 0.1) is 0 Å². The van der Waals surface area contributed by atoms with Crippen LogP contribution in [0.2, 0.25) is 0 Å². The zero-order valence-corrected chi connectivity index (χ0v) is 6.64. The van der Waals surface area contributed by atoms with Crippen LogP contribution in [-0.4, -0.2) is 37.2 Å². The van der Waals surface area contributed by atoms with Crippen molar-refractivity contribution in [2.24, 2.45) is 0 Å². The Hall–Kier alpha value is -0.0800. The molecule has 0 radical (unpaired) electrons. The molecule has 54 valence electrons. The average molecular weight is 129 g/mol. The first-order chi connectivity index (χ1) is 4.06. The summed E-state index contributed by atoms with van der Waals surface area (Å²) in [6, 6.07) is 0.539. The number of likely N-dealkylation sites (N-methyl/N-ethyl adjacent to an activating group) is 1. The molecule has 1 aliphatic rings. The van der Waals surface area contributed by atoms with E-state index in [9.17, 15) is 0 Å². The SMILES string of the molecule is CC(N(C)C)C1(C)CO1. The Labute approximate surface area is 56.8 Å². The monoisotopic (exact) mass is 129 g/mol. The predicted octanol–water partition coefficient (Wildman–Crippen LogP) is 0.725. The van der Waals surface area contributed by atoms with Gasteiger partial charge >= 0.3 is 0 Å². The Morgan fingerprint density at radius 3 is 2.11 bits per heavy atom. The molecule has 1 heterocycles. The molecule has 2 atom stereocenters. The maximum absolute atomic E-state index is 5.28. The van der Waals surface area contributed by atoms with E-state index >= 15 is 0 Å². The van der Waals surface area contributed by atoms with E-state index in [-0.39, 0.29) is 5.60 Å². The molecule has 0 spiro atoms. The van der Waals surface area contributed by atoms with Gasteiger partial charge < -0.3 is 9.64 Å². The van der Waals surface area contributed by atoms with Gasteiger partial charge in [0.05, 0.1) is 6.61 Å². The molecule has 2 heteroatoms. The van der Waals surface area contributed by atoms with Crippen molar-refractivity contribution in [3.8, 4) is 0 Å². The van der Waals surface area contributed by atoms with E-state index in [1.54, 1.807) is 0 Å².